The summed E-state index contributed by atoms with van der Waals surface area (Å²) in [6.45, 7) is 7.63. The summed E-state index contributed by atoms with van der Waals surface area (Å²) in [6, 6.07) is 16.6. The molecule has 2 aromatic carbocycles. The van der Waals surface area contributed by atoms with E-state index in [1.807, 2.05) is 24.7 Å². The number of aliphatic imine (C=N–C) groups is 1. The number of guanidine groups is 1. The Hall–Kier alpha value is -2.55. The summed E-state index contributed by atoms with van der Waals surface area (Å²) < 4.78 is 7.82. The van der Waals surface area contributed by atoms with Crippen LogP contribution in [0.2, 0.25) is 0 Å². The summed E-state index contributed by atoms with van der Waals surface area (Å²) in [4.78, 5) is 8.79. The predicted molar refractivity (Wildman–Crippen MR) is 133 cm³/mol. The Bertz CT molecular complexity index is 894. The Morgan fingerprint density at radius 1 is 1.10 bits per heavy atom. The molecule has 0 atom stereocenters. The van der Waals surface area contributed by atoms with Crippen LogP contribution >= 0.6 is 24.0 Å². The van der Waals surface area contributed by atoms with Gasteiger partial charge in [0, 0.05) is 25.5 Å². The highest BCUT2D eigenvalue weighted by molar-refractivity contribution is 14.0. The van der Waals surface area contributed by atoms with E-state index in [1.165, 1.54) is 16.7 Å². The standard InChI is InChI=1S/C23H29N5O.HI/c1-3-25-23(26-12-14-29-22-9-7-19(2)8-10-22)27-16-20-5-4-6-21(15-20)17-28-13-11-24-18-28;/h4-11,13,15,18H,3,12,14,16-17H2,1-2H3,(H2,25,26,27);1H. The number of hydrogen-bond acceptors (Lipinski definition) is 3. The fourth-order valence-electron chi connectivity index (χ4n) is 2.90. The van der Waals surface area contributed by atoms with E-state index in [9.17, 15) is 0 Å². The number of rotatable bonds is 9. The third-order valence-electron chi connectivity index (χ3n) is 4.36. The van der Waals surface area contributed by atoms with Crippen molar-refractivity contribution in [2.75, 3.05) is 19.7 Å². The average Bonchev–Trinajstić information content (AvgIpc) is 3.24. The molecule has 0 bridgehead atoms. The summed E-state index contributed by atoms with van der Waals surface area (Å²) in [6.07, 6.45) is 5.60. The van der Waals surface area contributed by atoms with Gasteiger partial charge in [-0.1, -0.05) is 42.0 Å². The number of aromatic nitrogens is 2. The smallest absolute Gasteiger partial charge is 0.191 e. The first-order valence-electron chi connectivity index (χ1n) is 9.98. The second-order valence-corrected chi connectivity index (χ2v) is 6.84. The topological polar surface area (TPSA) is 63.5 Å². The molecule has 7 heteroatoms. The molecule has 0 amide bonds. The Labute approximate surface area is 195 Å². The van der Waals surface area contributed by atoms with E-state index in [-0.39, 0.29) is 24.0 Å². The Morgan fingerprint density at radius 3 is 2.63 bits per heavy atom. The number of nitrogens with zero attached hydrogens (tertiary/aromatic N) is 3. The molecule has 6 nitrogen and oxygen atoms in total. The van der Waals surface area contributed by atoms with Gasteiger partial charge in [-0.15, -0.1) is 24.0 Å². The molecular weight excluding hydrogens is 489 g/mol. The fraction of sp³-hybridized carbons (Fsp3) is 0.304. The van der Waals surface area contributed by atoms with Gasteiger partial charge >= 0.3 is 0 Å². The van der Waals surface area contributed by atoms with E-state index in [4.69, 9.17) is 9.73 Å². The number of imidazole rings is 1. The highest BCUT2D eigenvalue weighted by atomic mass is 127. The number of benzene rings is 2. The Kier molecular flexibility index (Phi) is 10.2. The van der Waals surface area contributed by atoms with Crippen molar-refractivity contribution in [1.82, 2.24) is 20.2 Å². The van der Waals surface area contributed by atoms with E-state index < -0.39 is 0 Å². The van der Waals surface area contributed by atoms with Crippen LogP contribution in [-0.2, 0) is 13.1 Å². The van der Waals surface area contributed by atoms with E-state index in [1.54, 1.807) is 6.20 Å². The zero-order chi connectivity index (χ0) is 20.3. The van der Waals surface area contributed by atoms with Crippen LogP contribution in [0.4, 0.5) is 0 Å². The summed E-state index contributed by atoms with van der Waals surface area (Å²) in [7, 11) is 0. The first kappa shape index (κ1) is 23.7. The van der Waals surface area contributed by atoms with Crippen LogP contribution in [0.25, 0.3) is 0 Å². The zero-order valence-electron chi connectivity index (χ0n) is 17.5. The largest absolute Gasteiger partial charge is 0.492 e. The van der Waals surface area contributed by atoms with Crippen LogP contribution in [0.5, 0.6) is 5.75 Å². The molecule has 1 heterocycles. The van der Waals surface area contributed by atoms with Gasteiger partial charge in [0.15, 0.2) is 5.96 Å². The SMILES string of the molecule is CCNC(=NCc1cccc(Cn2ccnc2)c1)NCCOc1ccc(C)cc1.I. The minimum absolute atomic E-state index is 0. The highest BCUT2D eigenvalue weighted by Crippen LogP contribution is 2.11. The molecule has 0 aliphatic heterocycles. The average molecular weight is 519 g/mol. The molecule has 0 saturated carbocycles. The minimum atomic E-state index is 0. The maximum atomic E-state index is 5.77. The quantitative estimate of drug-likeness (QED) is 0.194. The van der Waals surface area contributed by atoms with Gasteiger partial charge in [-0.3, -0.25) is 0 Å². The molecule has 0 spiro atoms. The van der Waals surface area contributed by atoms with E-state index in [0.29, 0.717) is 19.7 Å². The molecule has 1 aromatic heterocycles. The van der Waals surface area contributed by atoms with Crippen molar-refractivity contribution in [3.8, 4) is 5.75 Å². The lowest BCUT2D eigenvalue weighted by atomic mass is 10.1. The maximum Gasteiger partial charge on any atom is 0.191 e. The summed E-state index contributed by atoms with van der Waals surface area (Å²) in [5.41, 5.74) is 3.64. The van der Waals surface area contributed by atoms with Gasteiger partial charge in [0.25, 0.3) is 0 Å². The molecule has 0 radical (unpaired) electrons. The zero-order valence-corrected chi connectivity index (χ0v) is 19.9. The molecule has 0 fully saturated rings. The van der Waals surface area contributed by atoms with Gasteiger partial charge in [-0.05, 0) is 37.1 Å². The number of ether oxygens (including phenoxy) is 1. The van der Waals surface area contributed by atoms with Crippen LogP contribution < -0.4 is 15.4 Å². The van der Waals surface area contributed by atoms with Gasteiger partial charge in [0.05, 0.1) is 19.4 Å². The minimum Gasteiger partial charge on any atom is -0.492 e. The molecule has 0 aliphatic carbocycles. The summed E-state index contributed by atoms with van der Waals surface area (Å²) >= 11 is 0. The fourth-order valence-corrected chi connectivity index (χ4v) is 2.90. The molecule has 30 heavy (non-hydrogen) atoms. The van der Waals surface area contributed by atoms with Crippen molar-refractivity contribution < 1.29 is 4.74 Å². The van der Waals surface area contributed by atoms with Crippen LogP contribution in [-0.4, -0.2) is 35.2 Å². The molecule has 160 valence electrons. The number of hydrogen-bond donors (Lipinski definition) is 2. The Balaban J connectivity index is 0.00000320. The molecule has 0 unspecified atom stereocenters. The van der Waals surface area contributed by atoms with E-state index >= 15 is 0 Å². The van der Waals surface area contributed by atoms with E-state index in [2.05, 4.69) is 70.4 Å². The first-order chi connectivity index (χ1) is 14.2. The molecule has 3 rings (SSSR count). The number of halogens is 1. The lowest BCUT2D eigenvalue weighted by molar-refractivity contribution is 0.322. The van der Waals surface area contributed by atoms with Crippen LogP contribution in [0.1, 0.15) is 23.6 Å². The van der Waals surface area contributed by atoms with Crippen LogP contribution in [0.15, 0.2) is 72.2 Å². The second kappa shape index (κ2) is 12.9. The predicted octanol–water partition coefficient (Wildman–Crippen LogP) is 3.99. The van der Waals surface area contributed by atoms with Crippen molar-refractivity contribution in [3.63, 3.8) is 0 Å². The molecular formula is C23H30IN5O. The third-order valence-corrected chi connectivity index (χ3v) is 4.36. The third kappa shape index (κ3) is 8.06. The summed E-state index contributed by atoms with van der Waals surface area (Å²) in [5, 5.41) is 6.61. The highest BCUT2D eigenvalue weighted by Gasteiger charge is 2.00. The maximum absolute atomic E-state index is 5.77. The number of aryl methyl sites for hydroxylation is 1. The van der Waals surface area contributed by atoms with Crippen molar-refractivity contribution in [3.05, 3.63) is 83.9 Å². The molecule has 0 saturated heterocycles. The van der Waals surface area contributed by atoms with Gasteiger partial charge in [0.2, 0.25) is 0 Å². The molecule has 2 N–H and O–H groups in total. The van der Waals surface area contributed by atoms with Gasteiger partial charge in [-0.25, -0.2) is 9.98 Å². The number of nitrogens with one attached hydrogen (secondary N) is 2. The summed E-state index contributed by atoms with van der Waals surface area (Å²) in [5.74, 6) is 1.68. The van der Waals surface area contributed by atoms with Crippen LogP contribution in [0.3, 0.4) is 0 Å². The van der Waals surface area contributed by atoms with Crippen molar-refractivity contribution in [1.29, 1.82) is 0 Å². The Morgan fingerprint density at radius 2 is 1.90 bits per heavy atom. The second-order valence-electron chi connectivity index (χ2n) is 6.84. The lowest BCUT2D eigenvalue weighted by Crippen LogP contribution is -2.39. The van der Waals surface area contributed by atoms with Gasteiger partial charge < -0.3 is 19.9 Å². The van der Waals surface area contributed by atoms with Crippen LogP contribution in [0, 0.1) is 6.92 Å². The normalized spacial score (nSPS) is 10.9. The van der Waals surface area contributed by atoms with Crippen molar-refractivity contribution >= 4 is 29.9 Å². The van der Waals surface area contributed by atoms with Crippen molar-refractivity contribution in [2.45, 2.75) is 26.9 Å². The lowest BCUT2D eigenvalue weighted by Gasteiger charge is -2.12. The van der Waals surface area contributed by atoms with E-state index in [0.717, 1.165) is 24.8 Å². The molecule has 3 aromatic rings. The first-order valence-corrected chi connectivity index (χ1v) is 9.98. The van der Waals surface area contributed by atoms with Gasteiger partial charge in [-0.2, -0.15) is 0 Å². The van der Waals surface area contributed by atoms with Crippen molar-refractivity contribution in [2.24, 2.45) is 4.99 Å². The monoisotopic (exact) mass is 519 g/mol. The van der Waals surface area contributed by atoms with Gasteiger partial charge in [0.1, 0.15) is 12.4 Å². The molecule has 0 aliphatic rings.